The Hall–Kier alpha value is -1.83. The topological polar surface area (TPSA) is 95.6 Å². The van der Waals surface area contributed by atoms with Gasteiger partial charge in [-0.15, -0.1) is 0 Å². The molecule has 1 heterocycles. The second kappa shape index (κ2) is 13.4. The first-order valence-corrected chi connectivity index (χ1v) is 9.31. The number of rotatable bonds is 12. The van der Waals surface area contributed by atoms with E-state index in [2.05, 4.69) is 35.6 Å². The molecule has 1 aliphatic heterocycles. The lowest BCUT2D eigenvalue weighted by Crippen LogP contribution is -2.42. The summed E-state index contributed by atoms with van der Waals surface area (Å²) >= 11 is 0. The highest BCUT2D eigenvalue weighted by molar-refractivity contribution is 5.92. The molecule has 0 aromatic carbocycles. The van der Waals surface area contributed by atoms with Crippen LogP contribution in [0.15, 0.2) is 35.9 Å². The van der Waals surface area contributed by atoms with Crippen LogP contribution in [0.1, 0.15) is 33.1 Å². The molecule has 0 aromatic rings. The monoisotopic (exact) mass is 365 g/mol. The van der Waals surface area contributed by atoms with E-state index in [-0.39, 0.29) is 0 Å². The Morgan fingerprint density at radius 1 is 1.38 bits per heavy atom. The smallest absolute Gasteiger partial charge is 0.118 e. The number of morpholine rings is 1. The van der Waals surface area contributed by atoms with Gasteiger partial charge in [0.25, 0.3) is 0 Å². The molecule has 7 heteroatoms. The largest absolute Gasteiger partial charge is 0.384 e. The standard InChI is InChI=1S/C19H35N5O2/c1-4-16(2)5-6-18(22-9-7-17(20)8-12-25-3)15-19(23-21)24-10-13-26-14-11-24/h6-7,9,15-16,20,22-23H,4-5,8,10-14,21H2,1-3H3/b9-7-,18-6+,19-15+,20-17?. The first-order chi connectivity index (χ1) is 12.6. The van der Waals surface area contributed by atoms with Gasteiger partial charge in [-0.2, -0.15) is 0 Å². The van der Waals surface area contributed by atoms with Crippen molar-refractivity contribution < 1.29 is 9.47 Å². The molecule has 0 amide bonds. The van der Waals surface area contributed by atoms with Gasteiger partial charge in [0.15, 0.2) is 0 Å². The van der Waals surface area contributed by atoms with E-state index in [1.807, 2.05) is 6.08 Å². The zero-order valence-corrected chi connectivity index (χ0v) is 16.4. The summed E-state index contributed by atoms with van der Waals surface area (Å²) in [6.45, 7) is 8.01. The number of allylic oxidation sites excluding steroid dienone is 3. The fourth-order valence-electron chi connectivity index (χ4n) is 2.36. The Bertz CT molecular complexity index is 496. The van der Waals surface area contributed by atoms with E-state index < -0.39 is 0 Å². The van der Waals surface area contributed by atoms with Gasteiger partial charge in [-0.1, -0.05) is 26.3 Å². The van der Waals surface area contributed by atoms with Crippen LogP contribution in [0.25, 0.3) is 0 Å². The Balaban J connectivity index is 2.80. The van der Waals surface area contributed by atoms with Crippen LogP contribution in [-0.4, -0.2) is 50.6 Å². The molecule has 1 saturated heterocycles. The molecule has 0 radical (unpaired) electrons. The molecule has 7 nitrogen and oxygen atoms in total. The van der Waals surface area contributed by atoms with Crippen LogP contribution >= 0.6 is 0 Å². The third-order valence-corrected chi connectivity index (χ3v) is 4.34. The molecule has 0 aliphatic carbocycles. The zero-order valence-electron chi connectivity index (χ0n) is 16.4. The summed E-state index contributed by atoms with van der Waals surface area (Å²) in [5.41, 5.74) is 4.28. The van der Waals surface area contributed by atoms with Crippen molar-refractivity contribution in [3.05, 3.63) is 35.9 Å². The van der Waals surface area contributed by atoms with Gasteiger partial charge in [0.05, 0.1) is 19.8 Å². The number of nitrogens with two attached hydrogens (primary N) is 1. The molecular weight excluding hydrogens is 330 g/mol. The lowest BCUT2D eigenvalue weighted by molar-refractivity contribution is 0.0503. The zero-order chi connectivity index (χ0) is 19.2. The van der Waals surface area contributed by atoms with E-state index in [0.29, 0.717) is 37.9 Å². The van der Waals surface area contributed by atoms with Crippen molar-refractivity contribution in [1.82, 2.24) is 15.6 Å². The summed E-state index contributed by atoms with van der Waals surface area (Å²) in [6.07, 6.45) is 10.5. The quantitative estimate of drug-likeness (QED) is 0.183. The SMILES string of the molecule is CCC(C)C/C=C(\C=C(/NN)N1CCOCC1)N/C=C\C(=N)CCOC. The summed E-state index contributed by atoms with van der Waals surface area (Å²) in [5, 5.41) is 11.2. The van der Waals surface area contributed by atoms with Gasteiger partial charge >= 0.3 is 0 Å². The molecule has 5 N–H and O–H groups in total. The molecule has 1 rings (SSSR count). The van der Waals surface area contributed by atoms with Crippen molar-refractivity contribution in [1.29, 1.82) is 5.41 Å². The summed E-state index contributed by atoms with van der Waals surface area (Å²) in [4.78, 5) is 2.17. The van der Waals surface area contributed by atoms with Crippen LogP contribution in [0.3, 0.4) is 0 Å². The second-order valence-corrected chi connectivity index (χ2v) is 6.43. The van der Waals surface area contributed by atoms with Gasteiger partial charge in [-0.25, -0.2) is 5.84 Å². The number of hydrazine groups is 1. The molecule has 1 fully saturated rings. The molecule has 0 aromatic heterocycles. The number of nitrogens with one attached hydrogen (secondary N) is 3. The van der Waals surface area contributed by atoms with Crippen LogP contribution in [-0.2, 0) is 9.47 Å². The molecule has 0 saturated carbocycles. The van der Waals surface area contributed by atoms with Crippen molar-refractivity contribution in [3.8, 4) is 0 Å². The van der Waals surface area contributed by atoms with E-state index >= 15 is 0 Å². The number of nitrogens with zero attached hydrogens (tertiary/aromatic N) is 1. The molecule has 1 aliphatic rings. The molecule has 0 spiro atoms. The highest BCUT2D eigenvalue weighted by Crippen LogP contribution is 2.11. The number of hydrogen-bond acceptors (Lipinski definition) is 7. The Morgan fingerprint density at radius 3 is 2.73 bits per heavy atom. The van der Waals surface area contributed by atoms with Crippen molar-refractivity contribution >= 4 is 5.71 Å². The van der Waals surface area contributed by atoms with Gasteiger partial charge in [0, 0.05) is 50.3 Å². The minimum absolute atomic E-state index is 0.523. The summed E-state index contributed by atoms with van der Waals surface area (Å²) in [5.74, 6) is 7.22. The molecule has 1 atom stereocenters. The van der Waals surface area contributed by atoms with Crippen molar-refractivity contribution in [2.24, 2.45) is 11.8 Å². The fourth-order valence-corrected chi connectivity index (χ4v) is 2.36. The Kier molecular flexibility index (Phi) is 11.4. The predicted molar refractivity (Wildman–Crippen MR) is 106 cm³/mol. The maximum atomic E-state index is 7.88. The van der Waals surface area contributed by atoms with Crippen LogP contribution < -0.4 is 16.6 Å². The predicted octanol–water partition coefficient (Wildman–Crippen LogP) is 2.10. The first-order valence-electron chi connectivity index (χ1n) is 9.31. The Labute approximate surface area is 157 Å². The molecular formula is C19H35N5O2. The van der Waals surface area contributed by atoms with E-state index in [0.717, 1.165) is 37.4 Å². The lowest BCUT2D eigenvalue weighted by atomic mass is 10.0. The number of hydrogen-bond donors (Lipinski definition) is 4. The molecule has 1 unspecified atom stereocenters. The van der Waals surface area contributed by atoms with Crippen molar-refractivity contribution in [3.63, 3.8) is 0 Å². The highest BCUT2D eigenvalue weighted by Gasteiger charge is 2.13. The third kappa shape index (κ3) is 9.03. The summed E-state index contributed by atoms with van der Waals surface area (Å²) in [6, 6.07) is 0. The fraction of sp³-hybridized carbons (Fsp3) is 0.632. The van der Waals surface area contributed by atoms with Gasteiger partial charge in [-0.05, 0) is 18.4 Å². The lowest BCUT2D eigenvalue weighted by Gasteiger charge is -2.30. The van der Waals surface area contributed by atoms with E-state index in [9.17, 15) is 0 Å². The second-order valence-electron chi connectivity index (χ2n) is 6.43. The first kappa shape index (κ1) is 22.2. The van der Waals surface area contributed by atoms with E-state index in [4.69, 9.17) is 20.7 Å². The highest BCUT2D eigenvalue weighted by atomic mass is 16.5. The number of methoxy groups -OCH3 is 1. The van der Waals surface area contributed by atoms with Crippen LogP contribution in [0.5, 0.6) is 0 Å². The molecule has 0 bridgehead atoms. The van der Waals surface area contributed by atoms with Crippen LogP contribution in [0.4, 0.5) is 0 Å². The maximum absolute atomic E-state index is 7.88. The van der Waals surface area contributed by atoms with Gasteiger partial charge in [-0.3, -0.25) is 0 Å². The van der Waals surface area contributed by atoms with Crippen molar-refractivity contribution in [2.45, 2.75) is 33.1 Å². The Morgan fingerprint density at radius 2 is 2.12 bits per heavy atom. The summed E-state index contributed by atoms with van der Waals surface area (Å²) < 4.78 is 10.4. The minimum atomic E-state index is 0.523. The van der Waals surface area contributed by atoms with Crippen LogP contribution in [0, 0.1) is 11.3 Å². The summed E-state index contributed by atoms with van der Waals surface area (Å²) in [7, 11) is 1.64. The van der Waals surface area contributed by atoms with Gasteiger partial charge in [0.2, 0.25) is 0 Å². The maximum Gasteiger partial charge on any atom is 0.118 e. The molecule has 26 heavy (non-hydrogen) atoms. The van der Waals surface area contributed by atoms with E-state index in [1.54, 1.807) is 19.4 Å². The van der Waals surface area contributed by atoms with E-state index in [1.165, 1.54) is 0 Å². The molecule has 148 valence electrons. The van der Waals surface area contributed by atoms with Gasteiger partial charge in [0.1, 0.15) is 5.82 Å². The average molecular weight is 366 g/mol. The normalized spacial score (nSPS) is 17.5. The van der Waals surface area contributed by atoms with Gasteiger partial charge < -0.3 is 30.5 Å². The number of ether oxygens (including phenoxy) is 2. The average Bonchev–Trinajstić information content (AvgIpc) is 2.68. The van der Waals surface area contributed by atoms with Crippen molar-refractivity contribution in [2.75, 3.05) is 40.0 Å². The third-order valence-electron chi connectivity index (χ3n) is 4.34. The minimum Gasteiger partial charge on any atom is -0.384 e. The van der Waals surface area contributed by atoms with Crippen LogP contribution in [0.2, 0.25) is 0 Å².